The van der Waals surface area contributed by atoms with Crippen LogP contribution in [0, 0.1) is 5.92 Å². The molecule has 7 nitrogen and oxygen atoms in total. The van der Waals surface area contributed by atoms with Gasteiger partial charge in [-0.25, -0.2) is 0 Å². The summed E-state index contributed by atoms with van der Waals surface area (Å²) in [5.41, 5.74) is 0. The van der Waals surface area contributed by atoms with Gasteiger partial charge in [0.15, 0.2) is 5.96 Å². The molecule has 0 amide bonds. The van der Waals surface area contributed by atoms with Crippen molar-refractivity contribution in [1.29, 1.82) is 0 Å². The van der Waals surface area contributed by atoms with Crippen LogP contribution in [-0.4, -0.2) is 87.9 Å². The number of rotatable bonds is 6. The van der Waals surface area contributed by atoms with Gasteiger partial charge in [0, 0.05) is 45.8 Å². The van der Waals surface area contributed by atoms with Crippen LogP contribution in [-0.2, 0) is 14.3 Å². The van der Waals surface area contributed by atoms with Gasteiger partial charge in [0.1, 0.15) is 0 Å². The molecule has 2 heterocycles. The van der Waals surface area contributed by atoms with Crippen molar-refractivity contribution in [1.82, 2.24) is 15.1 Å². The second kappa shape index (κ2) is 12.7. The number of morpholine rings is 1. The lowest BCUT2D eigenvalue weighted by Crippen LogP contribution is -2.46. The molecule has 2 rings (SSSR count). The van der Waals surface area contributed by atoms with E-state index in [0.717, 1.165) is 84.2 Å². The molecule has 0 aliphatic carbocycles. The van der Waals surface area contributed by atoms with Gasteiger partial charge in [0.2, 0.25) is 0 Å². The molecule has 0 atom stereocenters. The molecule has 0 aromatic carbocycles. The van der Waals surface area contributed by atoms with Gasteiger partial charge < -0.3 is 19.7 Å². The van der Waals surface area contributed by atoms with E-state index in [1.807, 2.05) is 0 Å². The number of guanidine groups is 1. The zero-order chi connectivity index (χ0) is 17.2. The number of halogens is 1. The summed E-state index contributed by atoms with van der Waals surface area (Å²) in [7, 11) is 1.47. The van der Waals surface area contributed by atoms with Crippen molar-refractivity contribution in [3.05, 3.63) is 0 Å². The highest BCUT2D eigenvalue weighted by Crippen LogP contribution is 2.18. The van der Waals surface area contributed by atoms with Crippen LogP contribution in [0.1, 0.15) is 26.2 Å². The van der Waals surface area contributed by atoms with Gasteiger partial charge in [-0.05, 0) is 26.2 Å². The van der Waals surface area contributed by atoms with E-state index < -0.39 is 0 Å². The lowest BCUT2D eigenvalue weighted by molar-refractivity contribution is -0.146. The van der Waals surface area contributed by atoms with Crippen molar-refractivity contribution in [2.45, 2.75) is 26.2 Å². The van der Waals surface area contributed by atoms with Crippen LogP contribution in [0.2, 0.25) is 0 Å². The molecule has 146 valence electrons. The monoisotopic (exact) mass is 468 g/mol. The van der Waals surface area contributed by atoms with Crippen LogP contribution < -0.4 is 5.32 Å². The van der Waals surface area contributed by atoms with Crippen molar-refractivity contribution >= 4 is 35.9 Å². The molecule has 0 aromatic rings. The first kappa shape index (κ1) is 22.4. The molecule has 0 spiro atoms. The van der Waals surface area contributed by atoms with Gasteiger partial charge in [0.05, 0.1) is 26.2 Å². The smallest absolute Gasteiger partial charge is 0.308 e. The Labute approximate surface area is 168 Å². The maximum Gasteiger partial charge on any atom is 0.308 e. The molecule has 0 bridgehead atoms. The Hall–Kier alpha value is -0.610. The van der Waals surface area contributed by atoms with Gasteiger partial charge in [-0.2, -0.15) is 0 Å². The Kier molecular flexibility index (Phi) is 11.4. The number of likely N-dealkylation sites (tertiary alicyclic amines) is 1. The van der Waals surface area contributed by atoms with Crippen LogP contribution in [0.3, 0.4) is 0 Å². The molecule has 0 radical (unpaired) electrons. The van der Waals surface area contributed by atoms with E-state index >= 15 is 0 Å². The summed E-state index contributed by atoms with van der Waals surface area (Å²) in [5, 5.41) is 3.37. The standard InChI is InChI=1S/C17H32N4O3.HI/c1-3-18-17(19-7-4-8-20-11-13-24-14-12-20)21-9-5-15(6-10-21)16(22)23-2;/h15H,3-14H2,1-2H3,(H,18,19);1H. The first-order valence-corrected chi connectivity index (χ1v) is 9.15. The summed E-state index contributed by atoms with van der Waals surface area (Å²) in [6.07, 6.45) is 2.74. The van der Waals surface area contributed by atoms with Crippen LogP contribution in [0.5, 0.6) is 0 Å². The molecular weight excluding hydrogens is 435 g/mol. The summed E-state index contributed by atoms with van der Waals surface area (Å²) in [4.78, 5) is 21.1. The first-order chi connectivity index (χ1) is 11.7. The minimum absolute atomic E-state index is 0. The van der Waals surface area contributed by atoms with E-state index in [9.17, 15) is 4.79 Å². The first-order valence-electron chi connectivity index (χ1n) is 9.15. The van der Waals surface area contributed by atoms with E-state index in [1.165, 1.54) is 7.11 Å². The van der Waals surface area contributed by atoms with E-state index in [0.29, 0.717) is 0 Å². The summed E-state index contributed by atoms with van der Waals surface area (Å²) in [5.74, 6) is 0.931. The van der Waals surface area contributed by atoms with Gasteiger partial charge >= 0.3 is 5.97 Å². The van der Waals surface area contributed by atoms with Gasteiger partial charge in [0.25, 0.3) is 0 Å². The summed E-state index contributed by atoms with van der Waals surface area (Å²) in [6.45, 7) is 10.3. The number of methoxy groups -OCH3 is 1. The number of ether oxygens (including phenoxy) is 2. The number of esters is 1. The maximum absolute atomic E-state index is 11.6. The SMILES string of the molecule is CCNC(=NCCCN1CCOCC1)N1CCC(C(=O)OC)CC1.I. The lowest BCUT2D eigenvalue weighted by atomic mass is 9.97. The molecule has 1 N–H and O–H groups in total. The molecule has 0 aromatic heterocycles. The molecule has 2 aliphatic heterocycles. The van der Waals surface area contributed by atoms with Crippen molar-refractivity contribution in [2.24, 2.45) is 10.9 Å². The maximum atomic E-state index is 11.6. The zero-order valence-electron chi connectivity index (χ0n) is 15.5. The predicted octanol–water partition coefficient (Wildman–Crippen LogP) is 1.18. The van der Waals surface area contributed by atoms with Crippen LogP contribution in [0.4, 0.5) is 0 Å². The largest absolute Gasteiger partial charge is 0.469 e. The fourth-order valence-corrected chi connectivity index (χ4v) is 3.22. The number of aliphatic imine (C=N–C) groups is 1. The van der Waals surface area contributed by atoms with Gasteiger partial charge in [-0.1, -0.05) is 0 Å². The molecule has 2 aliphatic rings. The minimum atomic E-state index is -0.0814. The van der Waals surface area contributed by atoms with Crippen LogP contribution >= 0.6 is 24.0 Å². The highest BCUT2D eigenvalue weighted by Gasteiger charge is 2.26. The topological polar surface area (TPSA) is 66.4 Å². The number of piperidine rings is 1. The van der Waals surface area contributed by atoms with Crippen molar-refractivity contribution < 1.29 is 14.3 Å². The number of carbonyl (C=O) groups is 1. The molecule has 2 fully saturated rings. The molecule has 8 heteroatoms. The lowest BCUT2D eigenvalue weighted by Gasteiger charge is -2.33. The zero-order valence-corrected chi connectivity index (χ0v) is 17.9. The Morgan fingerprint density at radius 3 is 2.52 bits per heavy atom. The minimum Gasteiger partial charge on any atom is -0.469 e. The predicted molar refractivity (Wildman–Crippen MR) is 110 cm³/mol. The summed E-state index contributed by atoms with van der Waals surface area (Å²) >= 11 is 0. The van der Waals surface area contributed by atoms with E-state index in [-0.39, 0.29) is 35.9 Å². The van der Waals surface area contributed by atoms with E-state index in [2.05, 4.69) is 22.0 Å². The Morgan fingerprint density at radius 1 is 1.24 bits per heavy atom. The van der Waals surface area contributed by atoms with Gasteiger partial charge in [-0.3, -0.25) is 14.7 Å². The molecule has 2 saturated heterocycles. The Balaban J connectivity index is 0.00000312. The molecular formula is C17H33IN4O3. The summed E-state index contributed by atoms with van der Waals surface area (Å²) < 4.78 is 10.2. The number of carbonyl (C=O) groups excluding carboxylic acids is 1. The average molecular weight is 468 g/mol. The second-order valence-electron chi connectivity index (χ2n) is 6.33. The third kappa shape index (κ3) is 7.65. The molecule has 0 saturated carbocycles. The van der Waals surface area contributed by atoms with E-state index in [1.54, 1.807) is 0 Å². The summed E-state index contributed by atoms with van der Waals surface area (Å²) in [6, 6.07) is 0. The number of nitrogens with one attached hydrogen (secondary N) is 1. The Bertz CT molecular complexity index is 409. The molecule has 0 unspecified atom stereocenters. The van der Waals surface area contributed by atoms with Crippen LogP contribution in [0.25, 0.3) is 0 Å². The fourth-order valence-electron chi connectivity index (χ4n) is 3.22. The quantitative estimate of drug-likeness (QED) is 0.208. The Morgan fingerprint density at radius 2 is 1.92 bits per heavy atom. The highest BCUT2D eigenvalue weighted by molar-refractivity contribution is 14.0. The molecule has 25 heavy (non-hydrogen) atoms. The second-order valence-corrected chi connectivity index (χ2v) is 6.33. The van der Waals surface area contributed by atoms with Crippen molar-refractivity contribution in [3.8, 4) is 0 Å². The van der Waals surface area contributed by atoms with E-state index in [4.69, 9.17) is 14.5 Å². The van der Waals surface area contributed by atoms with Crippen molar-refractivity contribution in [2.75, 3.05) is 66.1 Å². The number of hydrogen-bond donors (Lipinski definition) is 1. The third-order valence-corrected chi connectivity index (χ3v) is 4.66. The normalized spacial score (nSPS) is 20.1. The van der Waals surface area contributed by atoms with Gasteiger partial charge in [-0.15, -0.1) is 24.0 Å². The van der Waals surface area contributed by atoms with Crippen LogP contribution in [0.15, 0.2) is 4.99 Å². The number of hydrogen-bond acceptors (Lipinski definition) is 5. The third-order valence-electron chi connectivity index (χ3n) is 4.66. The number of nitrogens with zero attached hydrogens (tertiary/aromatic N) is 3. The van der Waals surface area contributed by atoms with Crippen molar-refractivity contribution in [3.63, 3.8) is 0 Å². The highest BCUT2D eigenvalue weighted by atomic mass is 127. The fraction of sp³-hybridized carbons (Fsp3) is 0.882. The average Bonchev–Trinajstić information content (AvgIpc) is 2.64.